The Morgan fingerprint density at radius 1 is 1.27 bits per heavy atom. The van der Waals surface area contributed by atoms with E-state index >= 15 is 0 Å². The van der Waals surface area contributed by atoms with E-state index in [1.165, 1.54) is 16.8 Å². The molecule has 178 valence electrons. The van der Waals surface area contributed by atoms with Crippen LogP contribution in [0.25, 0.3) is 5.57 Å². The van der Waals surface area contributed by atoms with Crippen molar-refractivity contribution in [1.82, 2.24) is 31.0 Å². The van der Waals surface area contributed by atoms with Gasteiger partial charge in [0, 0.05) is 30.2 Å². The number of nitrogens with one attached hydrogen (secondary N) is 3. The summed E-state index contributed by atoms with van der Waals surface area (Å²) in [5, 5.41) is 3.37. The maximum Gasteiger partial charge on any atom is 0.0890 e. The van der Waals surface area contributed by atoms with Crippen LogP contribution in [0.3, 0.4) is 0 Å². The highest BCUT2D eigenvalue weighted by Crippen LogP contribution is 2.33. The second-order valence-electron chi connectivity index (χ2n) is 9.20. The molecule has 0 unspecified atom stereocenters. The number of hydrogen-bond donors (Lipinski definition) is 4. The molecule has 0 bridgehead atoms. The zero-order chi connectivity index (χ0) is 23.5. The number of aryl methyl sites for hydroxylation is 2. The van der Waals surface area contributed by atoms with Gasteiger partial charge in [0.05, 0.1) is 48.2 Å². The van der Waals surface area contributed by atoms with Crippen molar-refractivity contribution in [3.8, 4) is 0 Å². The SMILES string of the molecule is C=C(/C=C(\NCN)[C@@H]1NNC2=C1CC=C(c1cnc(C)c(C)n1)CC2)N1C[C@@H](C)O[C@@H](C)C1. The lowest BCUT2D eigenvalue weighted by atomic mass is 9.99. The molecule has 0 saturated carbocycles. The van der Waals surface area contributed by atoms with Crippen molar-refractivity contribution in [1.29, 1.82) is 0 Å². The highest BCUT2D eigenvalue weighted by atomic mass is 16.5. The van der Waals surface area contributed by atoms with Crippen LogP contribution in [0, 0.1) is 13.8 Å². The first kappa shape index (κ1) is 23.5. The molecule has 0 spiro atoms. The highest BCUT2D eigenvalue weighted by Gasteiger charge is 2.30. The fourth-order valence-corrected chi connectivity index (χ4v) is 4.79. The van der Waals surface area contributed by atoms with Gasteiger partial charge in [0.15, 0.2) is 0 Å². The van der Waals surface area contributed by atoms with Gasteiger partial charge in [-0.05, 0) is 64.2 Å². The topological polar surface area (TPSA) is 100 Å². The lowest BCUT2D eigenvalue weighted by Gasteiger charge is -2.37. The molecule has 8 nitrogen and oxygen atoms in total. The largest absolute Gasteiger partial charge is 0.374 e. The van der Waals surface area contributed by atoms with Crippen LogP contribution in [0.2, 0.25) is 0 Å². The van der Waals surface area contributed by atoms with Crippen LogP contribution in [0.5, 0.6) is 0 Å². The standard InChI is InChI=1S/C25H37N7O/c1-15(32-12-16(2)33-17(3)13-32)10-23(28-14-26)25-21-8-6-20(7-9-22(21)30-31-25)24-11-27-18(4)19(5)29-24/h6,10-11,16-17,25,28,30-31H,1,7-9,12-14,26H2,2-5H3/b23-10-/t16-,17+,25-/m1/s1. The maximum absolute atomic E-state index is 5.91. The van der Waals surface area contributed by atoms with Crippen LogP contribution in [-0.4, -0.2) is 52.9 Å². The molecule has 0 amide bonds. The molecule has 4 rings (SSSR count). The molecule has 0 aromatic carbocycles. The summed E-state index contributed by atoms with van der Waals surface area (Å²) in [5.74, 6) is 0. The Hall–Kier alpha value is -2.68. The van der Waals surface area contributed by atoms with Gasteiger partial charge in [-0.25, -0.2) is 10.4 Å². The quantitative estimate of drug-likeness (QED) is 0.387. The zero-order valence-electron chi connectivity index (χ0n) is 20.2. The summed E-state index contributed by atoms with van der Waals surface area (Å²) < 4.78 is 5.88. The van der Waals surface area contributed by atoms with E-state index in [1.807, 2.05) is 20.0 Å². The lowest BCUT2D eigenvalue weighted by Crippen LogP contribution is -2.45. The number of allylic oxidation sites excluding steroid dienone is 4. The molecule has 2 aliphatic heterocycles. The summed E-state index contributed by atoms with van der Waals surface area (Å²) in [4.78, 5) is 11.6. The molecule has 1 aromatic heterocycles. The number of hydrogen-bond acceptors (Lipinski definition) is 8. The van der Waals surface area contributed by atoms with Gasteiger partial charge in [0.1, 0.15) is 0 Å². The predicted molar refractivity (Wildman–Crippen MR) is 131 cm³/mol. The van der Waals surface area contributed by atoms with Gasteiger partial charge in [-0.2, -0.15) is 0 Å². The van der Waals surface area contributed by atoms with Crippen LogP contribution in [0.15, 0.2) is 47.6 Å². The minimum atomic E-state index is 0.0117. The molecule has 8 heteroatoms. The van der Waals surface area contributed by atoms with E-state index in [9.17, 15) is 0 Å². The van der Waals surface area contributed by atoms with E-state index in [0.717, 1.165) is 60.8 Å². The molecular weight excluding hydrogens is 414 g/mol. The molecule has 0 radical (unpaired) electrons. The first-order chi connectivity index (χ1) is 15.9. The van der Waals surface area contributed by atoms with Crippen LogP contribution >= 0.6 is 0 Å². The normalized spacial score (nSPS) is 25.8. The monoisotopic (exact) mass is 451 g/mol. The summed E-state index contributed by atoms with van der Waals surface area (Å²) >= 11 is 0. The smallest absolute Gasteiger partial charge is 0.0890 e. The first-order valence-electron chi connectivity index (χ1n) is 11.8. The van der Waals surface area contributed by atoms with Crippen molar-refractivity contribution in [2.75, 3.05) is 19.8 Å². The van der Waals surface area contributed by atoms with Crippen molar-refractivity contribution >= 4 is 5.57 Å². The number of nitrogens with two attached hydrogens (primary N) is 1. The third-order valence-corrected chi connectivity index (χ3v) is 6.60. The number of nitrogens with zero attached hydrogens (tertiary/aromatic N) is 3. The molecular formula is C25H37N7O. The van der Waals surface area contributed by atoms with Gasteiger partial charge < -0.3 is 26.1 Å². The number of morpholine rings is 1. The number of hydrazine groups is 1. The summed E-state index contributed by atoms with van der Waals surface area (Å²) in [6, 6.07) is 0.0117. The molecule has 1 saturated heterocycles. The first-order valence-corrected chi connectivity index (χ1v) is 11.8. The van der Waals surface area contributed by atoms with Crippen LogP contribution in [0.4, 0.5) is 0 Å². The van der Waals surface area contributed by atoms with Gasteiger partial charge >= 0.3 is 0 Å². The van der Waals surface area contributed by atoms with Gasteiger partial charge in [-0.1, -0.05) is 12.7 Å². The van der Waals surface area contributed by atoms with Crippen molar-refractivity contribution in [3.63, 3.8) is 0 Å². The maximum atomic E-state index is 5.91. The van der Waals surface area contributed by atoms with E-state index in [2.05, 4.69) is 58.6 Å². The summed E-state index contributed by atoms with van der Waals surface area (Å²) in [6.45, 7) is 14.6. The highest BCUT2D eigenvalue weighted by molar-refractivity contribution is 5.64. The molecule has 1 aliphatic carbocycles. The van der Waals surface area contributed by atoms with E-state index in [-0.39, 0.29) is 18.2 Å². The predicted octanol–water partition coefficient (Wildman–Crippen LogP) is 2.40. The molecule has 3 heterocycles. The third-order valence-electron chi connectivity index (χ3n) is 6.60. The fraction of sp³-hybridized carbons (Fsp3) is 0.520. The summed E-state index contributed by atoms with van der Waals surface area (Å²) in [6.07, 6.45) is 9.37. The van der Waals surface area contributed by atoms with Crippen molar-refractivity contribution in [3.05, 3.63) is 64.7 Å². The van der Waals surface area contributed by atoms with Gasteiger partial charge in [0.2, 0.25) is 0 Å². The Morgan fingerprint density at radius 3 is 2.73 bits per heavy atom. The van der Waals surface area contributed by atoms with Crippen molar-refractivity contribution < 1.29 is 4.74 Å². The fourth-order valence-electron chi connectivity index (χ4n) is 4.79. The minimum Gasteiger partial charge on any atom is -0.374 e. The molecule has 1 aromatic rings. The second-order valence-corrected chi connectivity index (χ2v) is 9.20. The molecule has 3 atom stereocenters. The Bertz CT molecular complexity index is 986. The summed E-state index contributed by atoms with van der Waals surface area (Å²) in [7, 11) is 0. The average Bonchev–Trinajstić information content (AvgIpc) is 3.05. The van der Waals surface area contributed by atoms with E-state index in [4.69, 9.17) is 15.5 Å². The van der Waals surface area contributed by atoms with Gasteiger partial charge in [-0.3, -0.25) is 4.98 Å². The molecule has 1 fully saturated rings. The van der Waals surface area contributed by atoms with Gasteiger partial charge in [0.25, 0.3) is 0 Å². The Kier molecular flexibility index (Phi) is 7.17. The zero-order valence-corrected chi connectivity index (χ0v) is 20.2. The van der Waals surface area contributed by atoms with E-state index in [1.54, 1.807) is 0 Å². The average molecular weight is 452 g/mol. The Morgan fingerprint density at radius 2 is 2.03 bits per heavy atom. The Labute approximate surface area is 197 Å². The molecule has 3 aliphatic rings. The summed E-state index contributed by atoms with van der Waals surface area (Å²) in [5.41, 5.74) is 21.5. The minimum absolute atomic E-state index is 0.0117. The molecule has 5 N–H and O–H groups in total. The number of ether oxygens (including phenoxy) is 1. The number of aromatic nitrogens is 2. The molecule has 33 heavy (non-hydrogen) atoms. The van der Waals surface area contributed by atoms with Crippen molar-refractivity contribution in [2.45, 2.75) is 65.2 Å². The van der Waals surface area contributed by atoms with Crippen LogP contribution < -0.4 is 21.9 Å². The lowest BCUT2D eigenvalue weighted by molar-refractivity contribution is -0.0566. The van der Waals surface area contributed by atoms with E-state index in [0.29, 0.717) is 6.67 Å². The van der Waals surface area contributed by atoms with Crippen molar-refractivity contribution in [2.24, 2.45) is 5.73 Å². The van der Waals surface area contributed by atoms with Crippen LogP contribution in [0.1, 0.15) is 50.2 Å². The van der Waals surface area contributed by atoms with Gasteiger partial charge in [-0.15, -0.1) is 0 Å². The van der Waals surface area contributed by atoms with Crippen LogP contribution in [-0.2, 0) is 4.74 Å². The Balaban J connectivity index is 1.54. The number of rotatable bonds is 6. The third kappa shape index (κ3) is 5.29. The second kappa shape index (κ2) is 10.1. The van der Waals surface area contributed by atoms with E-state index < -0.39 is 0 Å².